The number of nitrogens with one attached hydrogen (secondary N) is 2. The second-order valence-corrected chi connectivity index (χ2v) is 5.49. The molecule has 0 unspecified atom stereocenters. The van der Waals surface area contributed by atoms with Crippen molar-refractivity contribution in [2.24, 2.45) is 0 Å². The molecular formula is C18H14N6O2. The van der Waals surface area contributed by atoms with Crippen LogP contribution in [0.5, 0.6) is 5.75 Å². The number of phenolic OH excluding ortho intramolecular Hbond substituents is 1. The van der Waals surface area contributed by atoms with Crippen LogP contribution in [0.15, 0.2) is 67.1 Å². The van der Waals surface area contributed by atoms with Crippen molar-refractivity contribution in [3.63, 3.8) is 0 Å². The summed E-state index contributed by atoms with van der Waals surface area (Å²) in [5.41, 5.74) is 2.23. The van der Waals surface area contributed by atoms with Crippen molar-refractivity contribution in [2.45, 2.75) is 0 Å². The third-order valence-electron chi connectivity index (χ3n) is 3.74. The van der Waals surface area contributed by atoms with E-state index in [2.05, 4.69) is 25.6 Å². The molecule has 0 aliphatic rings. The summed E-state index contributed by atoms with van der Waals surface area (Å²) in [4.78, 5) is 16.8. The fourth-order valence-corrected chi connectivity index (χ4v) is 2.48. The molecule has 1 amide bonds. The van der Waals surface area contributed by atoms with Gasteiger partial charge in [-0.2, -0.15) is 10.2 Å². The van der Waals surface area contributed by atoms with Gasteiger partial charge in [-0.1, -0.05) is 0 Å². The third-order valence-corrected chi connectivity index (χ3v) is 3.74. The summed E-state index contributed by atoms with van der Waals surface area (Å²) < 4.78 is 1.57. The Labute approximate surface area is 148 Å². The minimum absolute atomic E-state index is 0.171. The molecule has 0 bridgehead atoms. The number of rotatable bonds is 4. The lowest BCUT2D eigenvalue weighted by atomic mass is 10.1. The van der Waals surface area contributed by atoms with E-state index in [1.54, 1.807) is 71.8 Å². The number of aromatic nitrogens is 5. The Balaban J connectivity index is 1.58. The van der Waals surface area contributed by atoms with Gasteiger partial charge in [-0.25, -0.2) is 9.67 Å². The van der Waals surface area contributed by atoms with Gasteiger partial charge in [-0.15, -0.1) is 0 Å². The quantitative estimate of drug-likeness (QED) is 0.526. The van der Waals surface area contributed by atoms with Crippen molar-refractivity contribution in [2.75, 3.05) is 5.32 Å². The summed E-state index contributed by atoms with van der Waals surface area (Å²) in [5, 5.41) is 23.2. The summed E-state index contributed by atoms with van der Waals surface area (Å²) in [6.07, 6.45) is 5.02. The number of aromatic hydroxyl groups is 1. The minimum atomic E-state index is -0.344. The number of nitrogens with zero attached hydrogens (tertiary/aromatic N) is 4. The monoisotopic (exact) mass is 346 g/mol. The molecule has 128 valence electrons. The molecule has 0 spiro atoms. The van der Waals surface area contributed by atoms with Gasteiger partial charge in [0.05, 0.1) is 11.4 Å². The van der Waals surface area contributed by atoms with Crippen LogP contribution in [0.4, 0.5) is 5.69 Å². The standard InChI is InChI=1S/C18H14N6O2/c25-13-6-4-12(5-7-13)15-11-16(23-22-15)18(26)21-14-3-1-8-19-17(14)24-10-2-9-20-24/h1-11,25H,(H,21,26)(H,22,23). The molecule has 8 nitrogen and oxygen atoms in total. The van der Waals surface area contributed by atoms with E-state index in [4.69, 9.17) is 0 Å². The van der Waals surface area contributed by atoms with Gasteiger partial charge in [-0.05, 0) is 48.5 Å². The number of benzene rings is 1. The molecule has 4 aromatic rings. The Kier molecular flexibility index (Phi) is 3.91. The molecule has 0 saturated heterocycles. The van der Waals surface area contributed by atoms with E-state index in [1.807, 2.05) is 0 Å². The van der Waals surface area contributed by atoms with E-state index in [-0.39, 0.29) is 11.7 Å². The fraction of sp³-hybridized carbons (Fsp3) is 0. The van der Waals surface area contributed by atoms with E-state index < -0.39 is 0 Å². The zero-order valence-corrected chi connectivity index (χ0v) is 13.5. The number of aromatic amines is 1. The summed E-state index contributed by atoms with van der Waals surface area (Å²) in [6, 6.07) is 13.5. The third kappa shape index (κ3) is 3.03. The van der Waals surface area contributed by atoms with Crippen LogP contribution in [0.25, 0.3) is 17.1 Å². The Morgan fingerprint density at radius 2 is 1.96 bits per heavy atom. The second kappa shape index (κ2) is 6.52. The van der Waals surface area contributed by atoms with Crippen molar-refractivity contribution in [3.05, 3.63) is 72.8 Å². The highest BCUT2D eigenvalue weighted by Gasteiger charge is 2.14. The number of carbonyl (C=O) groups excluding carboxylic acids is 1. The molecule has 3 heterocycles. The first-order valence-electron chi connectivity index (χ1n) is 7.82. The number of pyridine rings is 1. The number of carbonyl (C=O) groups is 1. The maximum absolute atomic E-state index is 12.6. The van der Waals surface area contributed by atoms with Crippen molar-refractivity contribution in [1.82, 2.24) is 25.0 Å². The number of phenols is 1. The van der Waals surface area contributed by atoms with Gasteiger partial charge in [-0.3, -0.25) is 9.89 Å². The van der Waals surface area contributed by atoms with Gasteiger partial charge >= 0.3 is 0 Å². The smallest absolute Gasteiger partial charge is 0.273 e. The highest BCUT2D eigenvalue weighted by molar-refractivity contribution is 6.04. The number of anilines is 1. The molecule has 26 heavy (non-hydrogen) atoms. The first kappa shape index (κ1) is 15.6. The largest absolute Gasteiger partial charge is 0.508 e. The van der Waals surface area contributed by atoms with Gasteiger partial charge in [0.25, 0.3) is 5.91 Å². The van der Waals surface area contributed by atoms with Crippen LogP contribution in [0, 0.1) is 0 Å². The maximum atomic E-state index is 12.6. The van der Waals surface area contributed by atoms with Crippen LogP contribution in [-0.4, -0.2) is 36.0 Å². The first-order valence-corrected chi connectivity index (χ1v) is 7.82. The molecule has 0 aliphatic carbocycles. The molecule has 1 aromatic carbocycles. The number of amides is 1. The predicted molar refractivity (Wildman–Crippen MR) is 95.0 cm³/mol. The minimum Gasteiger partial charge on any atom is -0.508 e. The lowest BCUT2D eigenvalue weighted by molar-refractivity contribution is 0.102. The van der Waals surface area contributed by atoms with E-state index in [1.165, 1.54) is 0 Å². The van der Waals surface area contributed by atoms with Crippen LogP contribution in [0.1, 0.15) is 10.5 Å². The van der Waals surface area contributed by atoms with Crippen molar-refractivity contribution in [1.29, 1.82) is 0 Å². The highest BCUT2D eigenvalue weighted by Crippen LogP contribution is 2.22. The van der Waals surface area contributed by atoms with Gasteiger partial charge in [0.15, 0.2) is 5.82 Å². The van der Waals surface area contributed by atoms with Gasteiger partial charge in [0.1, 0.15) is 11.4 Å². The lowest BCUT2D eigenvalue weighted by Gasteiger charge is -2.08. The van der Waals surface area contributed by atoms with Gasteiger partial charge in [0, 0.05) is 24.2 Å². The highest BCUT2D eigenvalue weighted by atomic mass is 16.3. The zero-order chi connectivity index (χ0) is 17.9. The number of H-pyrrole nitrogens is 1. The first-order chi connectivity index (χ1) is 12.7. The average Bonchev–Trinajstić information content (AvgIpc) is 3.35. The van der Waals surface area contributed by atoms with Crippen molar-refractivity contribution in [3.8, 4) is 22.8 Å². The SMILES string of the molecule is O=C(Nc1cccnc1-n1cccn1)c1cc(-c2ccc(O)cc2)n[nH]1. The van der Waals surface area contributed by atoms with E-state index >= 15 is 0 Å². The van der Waals surface area contributed by atoms with Crippen LogP contribution in [-0.2, 0) is 0 Å². The number of hydrogen-bond acceptors (Lipinski definition) is 5. The number of hydrogen-bond donors (Lipinski definition) is 3. The molecule has 4 rings (SSSR count). The molecular weight excluding hydrogens is 332 g/mol. The van der Waals surface area contributed by atoms with Crippen LogP contribution in [0.2, 0.25) is 0 Å². The molecule has 0 fully saturated rings. The molecule has 3 aromatic heterocycles. The Hall–Kier alpha value is -3.94. The van der Waals surface area contributed by atoms with Gasteiger partial charge < -0.3 is 10.4 Å². The van der Waals surface area contributed by atoms with Crippen molar-refractivity contribution < 1.29 is 9.90 Å². The van der Waals surface area contributed by atoms with Crippen LogP contribution in [0.3, 0.4) is 0 Å². The van der Waals surface area contributed by atoms with E-state index in [0.717, 1.165) is 5.56 Å². The molecule has 0 radical (unpaired) electrons. The normalized spacial score (nSPS) is 10.6. The second-order valence-electron chi connectivity index (χ2n) is 5.49. The Morgan fingerprint density at radius 1 is 1.12 bits per heavy atom. The van der Waals surface area contributed by atoms with Crippen LogP contribution >= 0.6 is 0 Å². The maximum Gasteiger partial charge on any atom is 0.273 e. The summed E-state index contributed by atoms with van der Waals surface area (Å²) in [6.45, 7) is 0. The predicted octanol–water partition coefficient (Wildman–Crippen LogP) is 2.62. The molecule has 0 atom stereocenters. The Morgan fingerprint density at radius 3 is 2.73 bits per heavy atom. The lowest BCUT2D eigenvalue weighted by Crippen LogP contribution is -2.15. The van der Waals surface area contributed by atoms with E-state index in [9.17, 15) is 9.90 Å². The Bertz CT molecular complexity index is 1040. The topological polar surface area (TPSA) is 109 Å². The summed E-state index contributed by atoms with van der Waals surface area (Å²) >= 11 is 0. The summed E-state index contributed by atoms with van der Waals surface area (Å²) in [7, 11) is 0. The average molecular weight is 346 g/mol. The summed E-state index contributed by atoms with van der Waals surface area (Å²) in [5.74, 6) is 0.345. The molecule has 8 heteroatoms. The molecule has 0 aliphatic heterocycles. The van der Waals surface area contributed by atoms with Gasteiger partial charge in [0.2, 0.25) is 0 Å². The fourth-order valence-electron chi connectivity index (χ4n) is 2.48. The van der Waals surface area contributed by atoms with Crippen LogP contribution < -0.4 is 5.32 Å². The van der Waals surface area contributed by atoms with E-state index in [0.29, 0.717) is 22.9 Å². The zero-order valence-electron chi connectivity index (χ0n) is 13.5. The van der Waals surface area contributed by atoms with Crippen molar-refractivity contribution >= 4 is 11.6 Å². The molecule has 3 N–H and O–H groups in total. The molecule has 0 saturated carbocycles.